The van der Waals surface area contributed by atoms with E-state index in [1.807, 2.05) is 13.0 Å². The molecule has 2 rings (SSSR count). The summed E-state index contributed by atoms with van der Waals surface area (Å²) < 4.78 is 5.47. The number of aliphatic hydroxyl groups excluding tert-OH is 1. The highest BCUT2D eigenvalue weighted by molar-refractivity contribution is 5.38. The molecular formula is C16H25NO2. The summed E-state index contributed by atoms with van der Waals surface area (Å²) in [5.41, 5.74) is 2.43. The Hall–Kier alpha value is -1.06. The number of piperidine rings is 1. The Bertz CT molecular complexity index is 400. The van der Waals surface area contributed by atoms with Crippen LogP contribution in [0.2, 0.25) is 0 Å². The monoisotopic (exact) mass is 263 g/mol. The number of aliphatic hydroxyl groups is 1. The number of likely N-dealkylation sites (tertiary alicyclic amines) is 1. The number of ether oxygens (including phenoxy) is 1. The van der Waals surface area contributed by atoms with E-state index in [4.69, 9.17) is 4.74 Å². The van der Waals surface area contributed by atoms with Crippen LogP contribution in [0, 0.1) is 0 Å². The van der Waals surface area contributed by atoms with Gasteiger partial charge in [0.1, 0.15) is 5.75 Å². The summed E-state index contributed by atoms with van der Waals surface area (Å²) in [6, 6.07) is 6.27. The lowest BCUT2D eigenvalue weighted by Crippen LogP contribution is -2.29. The second-order valence-corrected chi connectivity index (χ2v) is 5.49. The minimum atomic E-state index is 0.186. The van der Waals surface area contributed by atoms with Gasteiger partial charge in [-0.1, -0.05) is 25.5 Å². The van der Waals surface area contributed by atoms with Crippen molar-refractivity contribution in [2.75, 3.05) is 26.8 Å². The zero-order valence-electron chi connectivity index (χ0n) is 12.1. The van der Waals surface area contributed by atoms with Gasteiger partial charge in [0.2, 0.25) is 0 Å². The highest BCUT2D eigenvalue weighted by Gasteiger charge is 2.14. The van der Waals surface area contributed by atoms with Gasteiger partial charge in [-0.15, -0.1) is 0 Å². The first-order valence-corrected chi connectivity index (χ1v) is 7.24. The Morgan fingerprint density at radius 1 is 1.26 bits per heavy atom. The van der Waals surface area contributed by atoms with Crippen molar-refractivity contribution in [3.63, 3.8) is 0 Å². The van der Waals surface area contributed by atoms with E-state index in [1.54, 1.807) is 7.11 Å². The van der Waals surface area contributed by atoms with Gasteiger partial charge in [-0.3, -0.25) is 4.90 Å². The maximum Gasteiger partial charge on any atom is 0.123 e. The van der Waals surface area contributed by atoms with Crippen molar-refractivity contribution < 1.29 is 9.84 Å². The number of methoxy groups -OCH3 is 1. The molecule has 1 aromatic carbocycles. The van der Waals surface area contributed by atoms with Crippen molar-refractivity contribution in [2.24, 2.45) is 0 Å². The SMILES string of the molecule is COc1ccc(C(C)CO)cc1CN1CCCCC1. The molecule has 0 aliphatic carbocycles. The Labute approximate surface area is 116 Å². The molecule has 1 aliphatic rings. The van der Waals surface area contributed by atoms with Crippen molar-refractivity contribution in [1.29, 1.82) is 0 Å². The molecular weight excluding hydrogens is 238 g/mol. The summed E-state index contributed by atoms with van der Waals surface area (Å²) >= 11 is 0. The van der Waals surface area contributed by atoms with Gasteiger partial charge in [0, 0.05) is 24.6 Å². The smallest absolute Gasteiger partial charge is 0.123 e. The van der Waals surface area contributed by atoms with Gasteiger partial charge in [-0.05, 0) is 37.6 Å². The molecule has 0 spiro atoms. The average molecular weight is 263 g/mol. The zero-order valence-corrected chi connectivity index (χ0v) is 12.1. The normalized spacial score (nSPS) is 18.3. The molecule has 1 N–H and O–H groups in total. The lowest BCUT2D eigenvalue weighted by atomic mass is 9.98. The lowest BCUT2D eigenvalue weighted by molar-refractivity contribution is 0.218. The van der Waals surface area contributed by atoms with Gasteiger partial charge in [0.05, 0.1) is 7.11 Å². The van der Waals surface area contributed by atoms with Crippen LogP contribution in [0.3, 0.4) is 0 Å². The van der Waals surface area contributed by atoms with Crippen molar-refractivity contribution in [1.82, 2.24) is 4.90 Å². The van der Waals surface area contributed by atoms with Crippen LogP contribution in [-0.2, 0) is 6.54 Å². The van der Waals surface area contributed by atoms with Gasteiger partial charge in [0.25, 0.3) is 0 Å². The first-order valence-electron chi connectivity index (χ1n) is 7.24. The second kappa shape index (κ2) is 6.92. The predicted octanol–water partition coefficient (Wildman–Crippen LogP) is 2.78. The summed E-state index contributed by atoms with van der Waals surface area (Å²) in [4.78, 5) is 2.49. The molecule has 1 aliphatic heterocycles. The third-order valence-corrected chi connectivity index (χ3v) is 3.99. The molecule has 1 heterocycles. The molecule has 106 valence electrons. The maximum absolute atomic E-state index is 9.29. The van der Waals surface area contributed by atoms with Crippen molar-refractivity contribution in [2.45, 2.75) is 38.6 Å². The van der Waals surface area contributed by atoms with Gasteiger partial charge in [-0.2, -0.15) is 0 Å². The summed E-state index contributed by atoms with van der Waals surface area (Å²) in [5.74, 6) is 1.14. The fourth-order valence-electron chi connectivity index (χ4n) is 2.69. The number of benzene rings is 1. The fraction of sp³-hybridized carbons (Fsp3) is 0.625. The third kappa shape index (κ3) is 3.71. The van der Waals surface area contributed by atoms with E-state index in [1.165, 1.54) is 43.5 Å². The van der Waals surface area contributed by atoms with E-state index >= 15 is 0 Å². The number of hydrogen-bond donors (Lipinski definition) is 1. The summed E-state index contributed by atoms with van der Waals surface area (Å²) in [6.45, 7) is 5.56. The maximum atomic E-state index is 9.29. The molecule has 3 nitrogen and oxygen atoms in total. The van der Waals surface area contributed by atoms with E-state index in [9.17, 15) is 5.11 Å². The van der Waals surface area contributed by atoms with Crippen LogP contribution in [0.15, 0.2) is 18.2 Å². The zero-order chi connectivity index (χ0) is 13.7. The Kier molecular flexibility index (Phi) is 5.23. The standard InChI is InChI=1S/C16H25NO2/c1-13(12-18)14-6-7-16(19-2)15(10-14)11-17-8-4-3-5-9-17/h6-7,10,13,18H,3-5,8-9,11-12H2,1-2H3. The molecule has 0 aromatic heterocycles. The van der Waals surface area contributed by atoms with Gasteiger partial charge < -0.3 is 9.84 Å². The van der Waals surface area contributed by atoms with Crippen LogP contribution in [0.1, 0.15) is 43.2 Å². The Morgan fingerprint density at radius 3 is 2.63 bits per heavy atom. The third-order valence-electron chi connectivity index (χ3n) is 3.99. The molecule has 1 unspecified atom stereocenters. The second-order valence-electron chi connectivity index (χ2n) is 5.49. The van der Waals surface area contributed by atoms with Crippen LogP contribution in [0.25, 0.3) is 0 Å². The topological polar surface area (TPSA) is 32.7 Å². The van der Waals surface area contributed by atoms with Gasteiger partial charge >= 0.3 is 0 Å². The molecule has 1 atom stereocenters. The molecule has 19 heavy (non-hydrogen) atoms. The minimum Gasteiger partial charge on any atom is -0.496 e. The van der Waals surface area contributed by atoms with Crippen LogP contribution in [0.4, 0.5) is 0 Å². The largest absolute Gasteiger partial charge is 0.496 e. The fourth-order valence-corrected chi connectivity index (χ4v) is 2.69. The molecule has 3 heteroatoms. The number of nitrogens with zero attached hydrogens (tertiary/aromatic N) is 1. The first kappa shape index (κ1) is 14.4. The van der Waals surface area contributed by atoms with Crippen LogP contribution < -0.4 is 4.74 Å². The van der Waals surface area contributed by atoms with Crippen molar-refractivity contribution in [3.8, 4) is 5.75 Å². The van der Waals surface area contributed by atoms with E-state index in [-0.39, 0.29) is 12.5 Å². The molecule has 0 saturated carbocycles. The highest BCUT2D eigenvalue weighted by Crippen LogP contribution is 2.26. The Morgan fingerprint density at radius 2 is 2.00 bits per heavy atom. The molecule has 0 radical (unpaired) electrons. The Balaban J connectivity index is 2.15. The molecule has 1 saturated heterocycles. The molecule has 0 amide bonds. The summed E-state index contributed by atoms with van der Waals surface area (Å²) in [5, 5.41) is 9.29. The van der Waals surface area contributed by atoms with Crippen LogP contribution in [0.5, 0.6) is 5.75 Å². The summed E-state index contributed by atoms with van der Waals surface area (Å²) in [7, 11) is 1.73. The predicted molar refractivity (Wildman–Crippen MR) is 77.6 cm³/mol. The first-order chi connectivity index (χ1) is 9.24. The average Bonchev–Trinajstić information content (AvgIpc) is 2.47. The molecule has 0 bridgehead atoms. The van der Waals surface area contributed by atoms with Crippen molar-refractivity contribution >= 4 is 0 Å². The molecule has 1 fully saturated rings. The van der Waals surface area contributed by atoms with Crippen molar-refractivity contribution in [3.05, 3.63) is 29.3 Å². The minimum absolute atomic E-state index is 0.186. The van der Waals surface area contributed by atoms with Gasteiger partial charge in [-0.25, -0.2) is 0 Å². The van der Waals surface area contributed by atoms with E-state index < -0.39 is 0 Å². The van der Waals surface area contributed by atoms with E-state index in [0.29, 0.717) is 0 Å². The van der Waals surface area contributed by atoms with Gasteiger partial charge in [0.15, 0.2) is 0 Å². The van der Waals surface area contributed by atoms with Crippen LogP contribution in [-0.4, -0.2) is 36.8 Å². The highest BCUT2D eigenvalue weighted by atomic mass is 16.5. The number of rotatable bonds is 5. The molecule has 1 aromatic rings. The summed E-state index contributed by atoms with van der Waals surface area (Å²) in [6.07, 6.45) is 3.96. The number of hydrogen-bond acceptors (Lipinski definition) is 3. The lowest BCUT2D eigenvalue weighted by Gasteiger charge is -2.27. The van der Waals surface area contributed by atoms with E-state index in [0.717, 1.165) is 12.3 Å². The quantitative estimate of drug-likeness (QED) is 0.886. The van der Waals surface area contributed by atoms with E-state index in [2.05, 4.69) is 17.0 Å². The van der Waals surface area contributed by atoms with Crippen LogP contribution >= 0.6 is 0 Å².